The summed E-state index contributed by atoms with van der Waals surface area (Å²) in [5.41, 5.74) is 0. The molecular weight excluding hydrogens is 183 g/mol. The minimum Gasteiger partial charge on any atom is -0.320 e. The van der Waals surface area contributed by atoms with Crippen LogP contribution in [0.5, 0.6) is 0 Å². The van der Waals surface area contributed by atoms with Crippen molar-refractivity contribution in [3.05, 3.63) is 0 Å². The molecule has 0 aliphatic carbocycles. The molecule has 0 bridgehead atoms. The van der Waals surface area contributed by atoms with Gasteiger partial charge in [-0.3, -0.25) is 0 Å². The molecule has 11 heavy (non-hydrogen) atoms. The lowest BCUT2D eigenvalue weighted by Crippen LogP contribution is -2.15. The highest BCUT2D eigenvalue weighted by Crippen LogP contribution is 1.87. The molecular formula is C7H20Cl2N2. The van der Waals surface area contributed by atoms with Crippen LogP contribution >= 0.6 is 24.8 Å². The van der Waals surface area contributed by atoms with Crippen molar-refractivity contribution < 1.29 is 0 Å². The molecule has 0 heterocycles. The summed E-state index contributed by atoms with van der Waals surface area (Å²) in [4.78, 5) is 2.22. The standard InChI is InChI=1S/C7H18N2.2ClH/c1-8-6-4-5-7-9(2)3;;/h8H,4-7H2,1-3H3;2*1H. The van der Waals surface area contributed by atoms with Crippen molar-refractivity contribution in [1.29, 1.82) is 0 Å². The summed E-state index contributed by atoms with van der Waals surface area (Å²) in [7, 11) is 6.22. The Morgan fingerprint density at radius 3 is 2.00 bits per heavy atom. The number of rotatable bonds is 5. The predicted octanol–water partition coefficient (Wildman–Crippen LogP) is 1.39. The average molecular weight is 203 g/mol. The van der Waals surface area contributed by atoms with E-state index in [4.69, 9.17) is 0 Å². The SMILES string of the molecule is CNCCCCN(C)C.Cl.Cl. The zero-order chi connectivity index (χ0) is 7.11. The maximum absolute atomic E-state index is 3.12. The van der Waals surface area contributed by atoms with Gasteiger partial charge in [-0.25, -0.2) is 0 Å². The largest absolute Gasteiger partial charge is 0.320 e. The smallest absolute Gasteiger partial charge is 0.00244 e. The monoisotopic (exact) mass is 202 g/mol. The van der Waals surface area contributed by atoms with Crippen LogP contribution in [-0.4, -0.2) is 39.1 Å². The van der Waals surface area contributed by atoms with Gasteiger partial charge in [0.15, 0.2) is 0 Å². The van der Waals surface area contributed by atoms with Gasteiger partial charge in [0, 0.05) is 0 Å². The summed E-state index contributed by atoms with van der Waals surface area (Å²) in [6.07, 6.45) is 2.59. The van der Waals surface area contributed by atoms with Gasteiger partial charge in [0.25, 0.3) is 0 Å². The van der Waals surface area contributed by atoms with Crippen LogP contribution in [0.1, 0.15) is 12.8 Å². The Balaban J connectivity index is -0.000000320. The Morgan fingerprint density at radius 2 is 1.64 bits per heavy atom. The van der Waals surface area contributed by atoms with Crippen molar-refractivity contribution in [2.45, 2.75) is 12.8 Å². The van der Waals surface area contributed by atoms with Crippen molar-refractivity contribution >= 4 is 24.8 Å². The summed E-state index contributed by atoms with van der Waals surface area (Å²) in [6.45, 7) is 2.36. The third-order valence-electron chi connectivity index (χ3n) is 1.28. The quantitative estimate of drug-likeness (QED) is 0.679. The maximum atomic E-state index is 3.12. The molecule has 0 saturated heterocycles. The highest BCUT2D eigenvalue weighted by molar-refractivity contribution is 5.85. The number of hydrogen-bond donors (Lipinski definition) is 1. The molecule has 4 heteroatoms. The van der Waals surface area contributed by atoms with E-state index in [1.807, 2.05) is 7.05 Å². The normalized spacial score (nSPS) is 8.73. The molecule has 0 rings (SSSR count). The minimum atomic E-state index is 0. The van der Waals surface area contributed by atoms with Gasteiger partial charge in [-0.05, 0) is 47.1 Å². The summed E-state index contributed by atoms with van der Waals surface area (Å²) >= 11 is 0. The summed E-state index contributed by atoms with van der Waals surface area (Å²) in [5.74, 6) is 0. The first-order valence-corrected chi connectivity index (χ1v) is 3.56. The van der Waals surface area contributed by atoms with E-state index in [0.29, 0.717) is 0 Å². The molecule has 0 aromatic heterocycles. The van der Waals surface area contributed by atoms with Gasteiger partial charge in [0.05, 0.1) is 0 Å². The fourth-order valence-corrected chi connectivity index (χ4v) is 0.730. The molecule has 0 aromatic rings. The van der Waals surface area contributed by atoms with Crippen LogP contribution in [0.2, 0.25) is 0 Å². The molecule has 0 amide bonds. The van der Waals surface area contributed by atoms with Crippen molar-refractivity contribution in [3.63, 3.8) is 0 Å². The Kier molecular flexibility index (Phi) is 20.9. The first kappa shape index (κ1) is 17.5. The van der Waals surface area contributed by atoms with Gasteiger partial charge in [-0.1, -0.05) is 0 Å². The predicted molar refractivity (Wildman–Crippen MR) is 56.2 cm³/mol. The summed E-state index contributed by atoms with van der Waals surface area (Å²) in [6, 6.07) is 0. The van der Waals surface area contributed by atoms with E-state index in [9.17, 15) is 0 Å². The van der Waals surface area contributed by atoms with E-state index in [2.05, 4.69) is 24.3 Å². The Morgan fingerprint density at radius 1 is 1.09 bits per heavy atom. The van der Waals surface area contributed by atoms with E-state index in [-0.39, 0.29) is 24.8 Å². The molecule has 1 N–H and O–H groups in total. The van der Waals surface area contributed by atoms with Crippen LogP contribution in [-0.2, 0) is 0 Å². The van der Waals surface area contributed by atoms with Crippen molar-refractivity contribution in [1.82, 2.24) is 10.2 Å². The third kappa shape index (κ3) is 18.0. The lowest BCUT2D eigenvalue weighted by Gasteiger charge is -2.07. The fraction of sp³-hybridized carbons (Fsp3) is 1.00. The first-order chi connectivity index (χ1) is 4.27. The van der Waals surface area contributed by atoms with E-state index >= 15 is 0 Å². The van der Waals surface area contributed by atoms with Crippen LogP contribution in [0.4, 0.5) is 0 Å². The molecule has 72 valence electrons. The molecule has 0 spiro atoms. The minimum absolute atomic E-state index is 0. The van der Waals surface area contributed by atoms with Crippen molar-refractivity contribution in [2.75, 3.05) is 34.2 Å². The van der Waals surface area contributed by atoms with E-state index in [1.54, 1.807) is 0 Å². The third-order valence-corrected chi connectivity index (χ3v) is 1.28. The fourth-order valence-electron chi connectivity index (χ4n) is 0.730. The highest BCUT2D eigenvalue weighted by atomic mass is 35.5. The lowest BCUT2D eigenvalue weighted by atomic mass is 10.3. The highest BCUT2D eigenvalue weighted by Gasteiger charge is 1.88. The average Bonchev–Trinajstić information content (AvgIpc) is 1.80. The van der Waals surface area contributed by atoms with Gasteiger partial charge < -0.3 is 10.2 Å². The van der Waals surface area contributed by atoms with E-state index in [0.717, 1.165) is 6.54 Å². The second kappa shape index (κ2) is 13.1. The molecule has 0 saturated carbocycles. The van der Waals surface area contributed by atoms with Crippen LogP contribution in [0.3, 0.4) is 0 Å². The molecule has 2 nitrogen and oxygen atoms in total. The van der Waals surface area contributed by atoms with Crippen LogP contribution in [0, 0.1) is 0 Å². The van der Waals surface area contributed by atoms with Gasteiger partial charge in [0.1, 0.15) is 0 Å². The molecule has 0 fully saturated rings. The second-order valence-electron chi connectivity index (χ2n) is 2.61. The van der Waals surface area contributed by atoms with Crippen LogP contribution in [0.25, 0.3) is 0 Å². The van der Waals surface area contributed by atoms with Gasteiger partial charge in [-0.2, -0.15) is 0 Å². The van der Waals surface area contributed by atoms with Gasteiger partial charge in [-0.15, -0.1) is 24.8 Å². The Hall–Kier alpha value is 0.500. The molecule has 0 atom stereocenters. The topological polar surface area (TPSA) is 15.3 Å². The lowest BCUT2D eigenvalue weighted by molar-refractivity contribution is 0.393. The molecule has 0 aromatic carbocycles. The number of unbranched alkanes of at least 4 members (excludes halogenated alkanes) is 1. The molecule has 0 unspecified atom stereocenters. The number of nitrogens with zero attached hydrogens (tertiary/aromatic N) is 1. The second-order valence-corrected chi connectivity index (χ2v) is 2.61. The first-order valence-electron chi connectivity index (χ1n) is 3.56. The zero-order valence-electron chi connectivity index (χ0n) is 7.59. The number of nitrogens with one attached hydrogen (secondary N) is 1. The van der Waals surface area contributed by atoms with Crippen molar-refractivity contribution in [2.24, 2.45) is 0 Å². The van der Waals surface area contributed by atoms with E-state index in [1.165, 1.54) is 19.4 Å². The van der Waals surface area contributed by atoms with Crippen LogP contribution < -0.4 is 5.32 Å². The Bertz CT molecular complexity index is 60.4. The molecule has 0 aliphatic rings. The molecule has 0 aliphatic heterocycles. The van der Waals surface area contributed by atoms with Crippen LogP contribution in [0.15, 0.2) is 0 Å². The number of hydrogen-bond acceptors (Lipinski definition) is 2. The number of halogens is 2. The maximum Gasteiger partial charge on any atom is -0.00244 e. The summed E-state index contributed by atoms with van der Waals surface area (Å²) < 4.78 is 0. The zero-order valence-corrected chi connectivity index (χ0v) is 9.23. The van der Waals surface area contributed by atoms with E-state index < -0.39 is 0 Å². The van der Waals surface area contributed by atoms with Gasteiger partial charge >= 0.3 is 0 Å². The van der Waals surface area contributed by atoms with Crippen molar-refractivity contribution in [3.8, 4) is 0 Å². The molecule has 0 radical (unpaired) electrons. The summed E-state index contributed by atoms with van der Waals surface area (Å²) in [5, 5.41) is 3.12. The Labute approximate surface area is 82.5 Å². The van der Waals surface area contributed by atoms with Gasteiger partial charge in [0.2, 0.25) is 0 Å².